The van der Waals surface area contributed by atoms with Gasteiger partial charge >= 0.3 is 0 Å². The molecule has 1 fully saturated rings. The number of anilines is 1. The predicted octanol–water partition coefficient (Wildman–Crippen LogP) is 3.71. The third-order valence-electron chi connectivity index (χ3n) is 3.54. The molecule has 3 nitrogen and oxygen atoms in total. The number of nitrogens with one attached hydrogen (secondary N) is 1. The summed E-state index contributed by atoms with van der Waals surface area (Å²) in [7, 11) is 0. The van der Waals surface area contributed by atoms with Crippen LogP contribution in [0.4, 0.5) is 5.00 Å². The zero-order chi connectivity index (χ0) is 12.1. The highest BCUT2D eigenvalue weighted by Gasteiger charge is 2.14. The second-order valence-electron chi connectivity index (χ2n) is 4.80. The highest BCUT2D eigenvalue weighted by molar-refractivity contribution is 7.10. The molecule has 17 heavy (non-hydrogen) atoms. The summed E-state index contributed by atoms with van der Waals surface area (Å²) >= 11 is 1.40. The van der Waals surface area contributed by atoms with E-state index in [1.165, 1.54) is 50.1 Å². The highest BCUT2D eigenvalue weighted by Crippen LogP contribution is 2.27. The first-order valence-corrected chi connectivity index (χ1v) is 7.19. The minimum absolute atomic E-state index is 0.721. The molecule has 0 spiro atoms. The Morgan fingerprint density at radius 3 is 2.88 bits per heavy atom. The van der Waals surface area contributed by atoms with E-state index in [1.807, 2.05) is 6.92 Å². The van der Waals surface area contributed by atoms with Crippen molar-refractivity contribution >= 4 is 16.5 Å². The molecule has 1 saturated carbocycles. The van der Waals surface area contributed by atoms with E-state index >= 15 is 0 Å². The summed E-state index contributed by atoms with van der Waals surface area (Å²) in [5.41, 5.74) is 1.57. The van der Waals surface area contributed by atoms with Crippen LogP contribution >= 0.6 is 11.5 Å². The molecule has 1 aromatic rings. The van der Waals surface area contributed by atoms with Crippen LogP contribution in [0.2, 0.25) is 0 Å². The minimum atomic E-state index is 0.721. The number of nitriles is 1. The molecule has 1 heterocycles. The first-order chi connectivity index (χ1) is 8.31. The van der Waals surface area contributed by atoms with E-state index in [1.54, 1.807) is 0 Å². The van der Waals surface area contributed by atoms with Crippen molar-refractivity contribution in [3.05, 3.63) is 11.3 Å². The maximum absolute atomic E-state index is 9.01. The van der Waals surface area contributed by atoms with Crippen molar-refractivity contribution in [2.24, 2.45) is 5.92 Å². The van der Waals surface area contributed by atoms with E-state index in [-0.39, 0.29) is 0 Å². The van der Waals surface area contributed by atoms with Crippen molar-refractivity contribution in [1.82, 2.24) is 4.37 Å². The third-order valence-corrected chi connectivity index (χ3v) is 4.43. The summed E-state index contributed by atoms with van der Waals surface area (Å²) in [6, 6.07) is 2.22. The smallest absolute Gasteiger partial charge is 0.127 e. The fourth-order valence-corrected chi connectivity index (χ4v) is 3.26. The zero-order valence-corrected chi connectivity index (χ0v) is 11.1. The average molecular weight is 249 g/mol. The largest absolute Gasteiger partial charge is 0.375 e. The van der Waals surface area contributed by atoms with Crippen molar-refractivity contribution in [3.8, 4) is 6.07 Å². The van der Waals surface area contributed by atoms with Gasteiger partial charge in [0, 0.05) is 6.54 Å². The second-order valence-corrected chi connectivity index (χ2v) is 5.58. The van der Waals surface area contributed by atoms with Crippen LogP contribution in [0.1, 0.15) is 49.8 Å². The highest BCUT2D eigenvalue weighted by atomic mass is 32.1. The number of aromatic nitrogens is 1. The van der Waals surface area contributed by atoms with Crippen LogP contribution < -0.4 is 5.32 Å². The molecule has 1 aliphatic carbocycles. The van der Waals surface area contributed by atoms with Crippen LogP contribution in [-0.4, -0.2) is 10.9 Å². The lowest BCUT2D eigenvalue weighted by molar-refractivity contribution is 0.345. The van der Waals surface area contributed by atoms with Gasteiger partial charge in [-0.15, -0.1) is 0 Å². The van der Waals surface area contributed by atoms with Gasteiger partial charge in [-0.3, -0.25) is 0 Å². The van der Waals surface area contributed by atoms with Gasteiger partial charge in [0.1, 0.15) is 16.6 Å². The first kappa shape index (κ1) is 12.4. The summed E-state index contributed by atoms with van der Waals surface area (Å²) in [5.74, 6) is 0.885. The van der Waals surface area contributed by atoms with Crippen LogP contribution in [0.15, 0.2) is 0 Å². The summed E-state index contributed by atoms with van der Waals surface area (Å²) in [5, 5.41) is 13.3. The van der Waals surface area contributed by atoms with E-state index < -0.39 is 0 Å². The van der Waals surface area contributed by atoms with Crippen molar-refractivity contribution in [3.63, 3.8) is 0 Å². The summed E-state index contributed by atoms with van der Waals surface area (Å²) < 4.78 is 4.21. The lowest BCUT2D eigenvalue weighted by Crippen LogP contribution is -2.12. The average Bonchev–Trinajstić information content (AvgIpc) is 2.71. The monoisotopic (exact) mass is 249 g/mol. The molecule has 0 amide bonds. The molecule has 0 saturated heterocycles. The Bertz CT molecular complexity index is 399. The van der Waals surface area contributed by atoms with Gasteiger partial charge in [-0.1, -0.05) is 32.1 Å². The number of nitrogens with zero attached hydrogens (tertiary/aromatic N) is 2. The van der Waals surface area contributed by atoms with E-state index in [0.717, 1.165) is 28.7 Å². The fourth-order valence-electron chi connectivity index (χ4n) is 2.49. The number of aryl methyl sites for hydroxylation is 1. The molecular weight excluding hydrogens is 230 g/mol. The zero-order valence-electron chi connectivity index (χ0n) is 10.3. The van der Waals surface area contributed by atoms with E-state index in [4.69, 9.17) is 5.26 Å². The molecule has 0 aliphatic heterocycles. The molecule has 0 bridgehead atoms. The summed E-state index contributed by atoms with van der Waals surface area (Å²) in [6.07, 6.45) is 8.20. The van der Waals surface area contributed by atoms with Crippen LogP contribution in [0.5, 0.6) is 0 Å². The molecule has 2 rings (SSSR count). The predicted molar refractivity (Wildman–Crippen MR) is 71.2 cm³/mol. The van der Waals surface area contributed by atoms with Crippen molar-refractivity contribution < 1.29 is 0 Å². The fraction of sp³-hybridized carbons (Fsp3) is 0.692. The van der Waals surface area contributed by atoms with E-state index in [9.17, 15) is 0 Å². The van der Waals surface area contributed by atoms with Gasteiger partial charge < -0.3 is 5.32 Å². The molecule has 4 heteroatoms. The standard InChI is InChI=1S/C13H19N3S/c1-10-12(9-14)13(17-16-10)15-8-7-11-5-3-2-4-6-11/h11,15H,2-8H2,1H3. The van der Waals surface area contributed by atoms with Gasteiger partial charge in [0.05, 0.1) is 5.69 Å². The van der Waals surface area contributed by atoms with Gasteiger partial charge in [-0.2, -0.15) is 9.64 Å². The number of hydrogen-bond acceptors (Lipinski definition) is 4. The van der Waals surface area contributed by atoms with Crippen molar-refractivity contribution in [2.75, 3.05) is 11.9 Å². The lowest BCUT2D eigenvalue weighted by atomic mass is 9.87. The SMILES string of the molecule is Cc1nsc(NCCC2CCCCC2)c1C#N. The molecule has 0 atom stereocenters. The molecule has 0 radical (unpaired) electrons. The maximum Gasteiger partial charge on any atom is 0.127 e. The van der Waals surface area contributed by atoms with Crippen LogP contribution in [-0.2, 0) is 0 Å². The Morgan fingerprint density at radius 1 is 1.41 bits per heavy atom. The quantitative estimate of drug-likeness (QED) is 0.885. The summed E-state index contributed by atoms with van der Waals surface area (Å²) in [4.78, 5) is 0. The second kappa shape index (κ2) is 6.02. The van der Waals surface area contributed by atoms with Crippen LogP contribution in [0.3, 0.4) is 0 Å². The molecule has 92 valence electrons. The maximum atomic E-state index is 9.01. The Labute approximate surface area is 107 Å². The number of rotatable bonds is 4. The van der Waals surface area contributed by atoms with Crippen molar-refractivity contribution in [1.29, 1.82) is 5.26 Å². The van der Waals surface area contributed by atoms with E-state index in [2.05, 4.69) is 15.8 Å². The minimum Gasteiger partial charge on any atom is -0.375 e. The molecular formula is C13H19N3S. The van der Waals surface area contributed by atoms with Gasteiger partial charge in [-0.05, 0) is 30.8 Å². The van der Waals surface area contributed by atoms with Crippen LogP contribution in [0, 0.1) is 24.2 Å². The topological polar surface area (TPSA) is 48.7 Å². The molecule has 0 aromatic carbocycles. The number of hydrogen-bond donors (Lipinski definition) is 1. The Balaban J connectivity index is 1.79. The first-order valence-electron chi connectivity index (χ1n) is 6.41. The third kappa shape index (κ3) is 3.19. The van der Waals surface area contributed by atoms with Gasteiger partial charge in [0.15, 0.2) is 0 Å². The van der Waals surface area contributed by atoms with Gasteiger partial charge in [-0.25, -0.2) is 0 Å². The summed E-state index contributed by atoms with van der Waals surface area (Å²) in [6.45, 7) is 2.86. The molecule has 1 aromatic heterocycles. The Hall–Kier alpha value is -1.08. The van der Waals surface area contributed by atoms with Crippen molar-refractivity contribution in [2.45, 2.75) is 45.4 Å². The van der Waals surface area contributed by atoms with E-state index in [0.29, 0.717) is 0 Å². The van der Waals surface area contributed by atoms with Crippen LogP contribution in [0.25, 0.3) is 0 Å². The molecule has 1 aliphatic rings. The Kier molecular flexibility index (Phi) is 4.38. The van der Waals surface area contributed by atoms with Gasteiger partial charge in [0.2, 0.25) is 0 Å². The Morgan fingerprint density at radius 2 is 2.18 bits per heavy atom. The molecule has 0 unspecified atom stereocenters. The lowest BCUT2D eigenvalue weighted by Gasteiger charge is -2.21. The normalized spacial score (nSPS) is 16.7. The van der Waals surface area contributed by atoms with Gasteiger partial charge in [0.25, 0.3) is 0 Å². The molecule has 1 N–H and O–H groups in total.